The normalized spacial score (nSPS) is 10.6. The van der Waals surface area contributed by atoms with Gasteiger partial charge in [-0.3, -0.25) is 9.69 Å². The molecule has 1 aromatic rings. The van der Waals surface area contributed by atoms with Gasteiger partial charge in [0.05, 0.1) is 6.54 Å². The number of aryl methyl sites for hydroxylation is 1. The van der Waals surface area contributed by atoms with Crippen molar-refractivity contribution in [3.8, 4) is 0 Å². The number of amides is 1. The van der Waals surface area contributed by atoms with Gasteiger partial charge < -0.3 is 4.90 Å². The third kappa shape index (κ3) is 5.50. The van der Waals surface area contributed by atoms with Crippen molar-refractivity contribution in [2.24, 2.45) is 0 Å². The summed E-state index contributed by atoms with van der Waals surface area (Å²) >= 11 is 0. The molecule has 0 unspecified atom stereocenters. The van der Waals surface area contributed by atoms with Crippen molar-refractivity contribution >= 4 is 5.91 Å². The Hall–Kier alpha value is -1.35. The molecule has 0 aliphatic heterocycles. The zero-order chi connectivity index (χ0) is 12.7. The maximum absolute atomic E-state index is 11.5. The van der Waals surface area contributed by atoms with E-state index in [1.807, 2.05) is 13.1 Å². The van der Waals surface area contributed by atoms with Gasteiger partial charge in [0.25, 0.3) is 0 Å². The fourth-order valence-corrected chi connectivity index (χ4v) is 1.65. The summed E-state index contributed by atoms with van der Waals surface area (Å²) in [5, 5.41) is 0. The molecular weight excluding hydrogens is 212 g/mol. The average molecular weight is 234 g/mol. The van der Waals surface area contributed by atoms with Gasteiger partial charge in [-0.15, -0.1) is 0 Å². The minimum absolute atomic E-state index is 0.159. The van der Waals surface area contributed by atoms with E-state index in [-0.39, 0.29) is 5.91 Å². The molecule has 1 aromatic carbocycles. The molecular formula is C14H22N2O. The van der Waals surface area contributed by atoms with Crippen LogP contribution >= 0.6 is 0 Å². The molecule has 0 heterocycles. The minimum atomic E-state index is 0.159. The smallest absolute Gasteiger partial charge is 0.236 e. The Morgan fingerprint density at radius 2 is 1.76 bits per heavy atom. The molecule has 17 heavy (non-hydrogen) atoms. The van der Waals surface area contributed by atoms with Crippen LogP contribution in [-0.4, -0.2) is 49.9 Å². The number of likely N-dealkylation sites (N-methyl/N-ethyl adjacent to an activating group) is 2. The summed E-state index contributed by atoms with van der Waals surface area (Å²) < 4.78 is 0. The number of hydrogen-bond donors (Lipinski definition) is 0. The summed E-state index contributed by atoms with van der Waals surface area (Å²) in [5.41, 5.74) is 1.36. The Bertz CT molecular complexity index is 335. The van der Waals surface area contributed by atoms with Crippen molar-refractivity contribution < 1.29 is 4.79 Å². The molecule has 0 aromatic heterocycles. The lowest BCUT2D eigenvalue weighted by Crippen LogP contribution is -2.34. The van der Waals surface area contributed by atoms with Gasteiger partial charge in [0.1, 0.15) is 0 Å². The van der Waals surface area contributed by atoms with Gasteiger partial charge in [-0.2, -0.15) is 0 Å². The SMILES string of the molecule is CN(CCCc1ccccc1)CC(=O)N(C)C. The van der Waals surface area contributed by atoms with E-state index < -0.39 is 0 Å². The molecule has 0 fully saturated rings. The van der Waals surface area contributed by atoms with Crippen molar-refractivity contribution in [2.45, 2.75) is 12.8 Å². The second-order valence-corrected chi connectivity index (χ2v) is 4.62. The van der Waals surface area contributed by atoms with Crippen molar-refractivity contribution in [2.75, 3.05) is 34.2 Å². The predicted octanol–water partition coefficient (Wildman–Crippen LogP) is 1.64. The zero-order valence-corrected chi connectivity index (χ0v) is 11.0. The Kier molecular flexibility index (Phi) is 5.70. The third-order valence-electron chi connectivity index (χ3n) is 2.75. The summed E-state index contributed by atoms with van der Waals surface area (Å²) in [5.74, 6) is 0.159. The van der Waals surface area contributed by atoms with Crippen molar-refractivity contribution in [3.63, 3.8) is 0 Å². The Morgan fingerprint density at radius 1 is 1.12 bits per heavy atom. The van der Waals surface area contributed by atoms with Gasteiger partial charge in [-0.05, 0) is 32.0 Å². The average Bonchev–Trinajstić information content (AvgIpc) is 2.30. The van der Waals surface area contributed by atoms with Crippen LogP contribution in [-0.2, 0) is 11.2 Å². The highest BCUT2D eigenvalue weighted by Crippen LogP contribution is 2.02. The van der Waals surface area contributed by atoms with Gasteiger partial charge in [-0.25, -0.2) is 0 Å². The molecule has 0 N–H and O–H groups in total. The first-order valence-electron chi connectivity index (χ1n) is 6.02. The van der Waals surface area contributed by atoms with Crippen LogP contribution in [0.15, 0.2) is 30.3 Å². The minimum Gasteiger partial charge on any atom is -0.348 e. The van der Waals surface area contributed by atoms with E-state index in [1.165, 1.54) is 5.56 Å². The summed E-state index contributed by atoms with van der Waals surface area (Å²) in [4.78, 5) is 15.2. The summed E-state index contributed by atoms with van der Waals surface area (Å²) in [6.07, 6.45) is 2.16. The first kappa shape index (κ1) is 13.7. The van der Waals surface area contributed by atoms with E-state index in [0.29, 0.717) is 6.54 Å². The summed E-state index contributed by atoms with van der Waals surface area (Å²) in [6, 6.07) is 10.4. The summed E-state index contributed by atoms with van der Waals surface area (Å²) in [6.45, 7) is 1.45. The molecule has 0 radical (unpaired) electrons. The maximum Gasteiger partial charge on any atom is 0.236 e. The van der Waals surface area contributed by atoms with Crippen LogP contribution in [0.3, 0.4) is 0 Å². The van der Waals surface area contributed by atoms with Crippen molar-refractivity contribution in [1.82, 2.24) is 9.80 Å². The molecule has 0 aliphatic rings. The highest BCUT2D eigenvalue weighted by Gasteiger charge is 2.07. The van der Waals surface area contributed by atoms with Gasteiger partial charge in [-0.1, -0.05) is 30.3 Å². The van der Waals surface area contributed by atoms with Crippen molar-refractivity contribution in [3.05, 3.63) is 35.9 Å². The molecule has 0 aliphatic carbocycles. The van der Waals surface area contributed by atoms with E-state index in [4.69, 9.17) is 0 Å². The number of hydrogen-bond acceptors (Lipinski definition) is 2. The second kappa shape index (κ2) is 7.07. The first-order chi connectivity index (χ1) is 8.09. The van der Waals surface area contributed by atoms with Gasteiger partial charge in [0.2, 0.25) is 5.91 Å². The lowest BCUT2D eigenvalue weighted by Gasteiger charge is -2.18. The molecule has 0 saturated heterocycles. The van der Waals surface area contributed by atoms with Crippen molar-refractivity contribution in [1.29, 1.82) is 0 Å². The second-order valence-electron chi connectivity index (χ2n) is 4.62. The van der Waals surface area contributed by atoms with Crippen LogP contribution < -0.4 is 0 Å². The highest BCUT2D eigenvalue weighted by molar-refractivity contribution is 5.77. The number of nitrogens with zero attached hydrogens (tertiary/aromatic N) is 2. The molecule has 0 bridgehead atoms. The molecule has 1 rings (SSSR count). The van der Waals surface area contributed by atoms with E-state index in [2.05, 4.69) is 29.2 Å². The summed E-state index contributed by atoms with van der Waals surface area (Å²) in [7, 11) is 5.58. The Balaban J connectivity index is 2.20. The quantitative estimate of drug-likeness (QED) is 0.747. The first-order valence-corrected chi connectivity index (χ1v) is 6.02. The Labute approximate surface area is 104 Å². The number of carbonyl (C=O) groups is 1. The van der Waals surface area contributed by atoms with E-state index in [0.717, 1.165) is 19.4 Å². The van der Waals surface area contributed by atoms with Gasteiger partial charge >= 0.3 is 0 Å². The largest absolute Gasteiger partial charge is 0.348 e. The van der Waals surface area contributed by atoms with Crippen LogP contribution in [0.1, 0.15) is 12.0 Å². The lowest BCUT2D eigenvalue weighted by molar-refractivity contribution is -0.129. The monoisotopic (exact) mass is 234 g/mol. The van der Waals surface area contributed by atoms with E-state index >= 15 is 0 Å². The topological polar surface area (TPSA) is 23.6 Å². The highest BCUT2D eigenvalue weighted by atomic mass is 16.2. The molecule has 0 saturated carbocycles. The molecule has 3 heteroatoms. The maximum atomic E-state index is 11.5. The number of benzene rings is 1. The molecule has 1 amide bonds. The van der Waals surface area contributed by atoms with E-state index in [1.54, 1.807) is 19.0 Å². The van der Waals surface area contributed by atoms with Crippen LogP contribution in [0.5, 0.6) is 0 Å². The molecule has 3 nitrogen and oxygen atoms in total. The molecule has 0 spiro atoms. The van der Waals surface area contributed by atoms with E-state index in [9.17, 15) is 4.79 Å². The standard InChI is InChI=1S/C14H22N2O/c1-15(2)14(17)12-16(3)11-7-10-13-8-5-4-6-9-13/h4-6,8-9H,7,10-12H2,1-3H3. The molecule has 0 atom stereocenters. The van der Waals surface area contributed by atoms with Gasteiger partial charge in [0, 0.05) is 14.1 Å². The van der Waals surface area contributed by atoms with Crippen LogP contribution in [0.2, 0.25) is 0 Å². The predicted molar refractivity (Wildman–Crippen MR) is 71.0 cm³/mol. The number of carbonyl (C=O) groups excluding carboxylic acids is 1. The zero-order valence-electron chi connectivity index (χ0n) is 11.0. The fraction of sp³-hybridized carbons (Fsp3) is 0.500. The molecule has 94 valence electrons. The third-order valence-corrected chi connectivity index (χ3v) is 2.75. The lowest BCUT2D eigenvalue weighted by atomic mass is 10.1. The van der Waals surface area contributed by atoms with Crippen LogP contribution in [0, 0.1) is 0 Å². The van der Waals surface area contributed by atoms with Crippen LogP contribution in [0.25, 0.3) is 0 Å². The van der Waals surface area contributed by atoms with Crippen LogP contribution in [0.4, 0.5) is 0 Å². The Morgan fingerprint density at radius 3 is 2.35 bits per heavy atom. The number of rotatable bonds is 6. The fourth-order valence-electron chi connectivity index (χ4n) is 1.65. The van der Waals surface area contributed by atoms with Gasteiger partial charge in [0.15, 0.2) is 0 Å².